The van der Waals surface area contributed by atoms with Crippen molar-refractivity contribution < 1.29 is 58.3 Å². The van der Waals surface area contributed by atoms with Gasteiger partial charge in [0.05, 0.1) is 0 Å². The predicted octanol–water partition coefficient (Wildman–Crippen LogP) is 14.1. The van der Waals surface area contributed by atoms with Crippen molar-refractivity contribution in [3.8, 4) is 91.2 Å². The summed E-state index contributed by atoms with van der Waals surface area (Å²) in [6.07, 6.45) is 0. The van der Waals surface area contributed by atoms with Gasteiger partial charge in [-0.15, -0.1) is 0 Å². The molecule has 0 aliphatic rings. The van der Waals surface area contributed by atoms with Crippen LogP contribution in [0.2, 0.25) is 0 Å². The lowest BCUT2D eigenvalue weighted by Crippen LogP contribution is -2.15. The molecule has 9 aromatic rings. The van der Waals surface area contributed by atoms with Gasteiger partial charge >= 0.3 is 0 Å². The average molecular weight is 1060 g/mol. The molecule has 404 valence electrons. The summed E-state index contributed by atoms with van der Waals surface area (Å²) in [4.78, 5) is 0. The van der Waals surface area contributed by atoms with Gasteiger partial charge in [-0.3, -0.25) is 0 Å². The van der Waals surface area contributed by atoms with Gasteiger partial charge in [0.25, 0.3) is 0 Å². The highest BCUT2D eigenvalue weighted by Gasteiger charge is 2.28. The molecule has 0 heterocycles. The number of hydrogen-bond acceptors (Lipinski definition) is 12. The normalized spacial score (nSPS) is 11.0. The van der Waals surface area contributed by atoms with E-state index in [-0.39, 0.29) is 49.4 Å². The molecule has 0 amide bonds. The SMILES string of the molecule is Cc1cc(-c2cc(C)c(OCCOc3ccc(O)cc3)c(C(c3ccccc3)c3cc(-c4ccc(OCCOc5ccc(O)cc5)c(C)c4)cc(C)c3OCCOc3ccc(O)cc3)c2)ccc1OCCOc1ccc(O)cc1. The molecule has 0 spiro atoms. The third-order valence-electron chi connectivity index (χ3n) is 13.1. The second-order valence-electron chi connectivity index (χ2n) is 19.0. The van der Waals surface area contributed by atoms with E-state index in [9.17, 15) is 20.4 Å². The molecule has 4 N–H and O–H groups in total. The summed E-state index contributed by atoms with van der Waals surface area (Å²) in [6.45, 7) is 10.4. The van der Waals surface area contributed by atoms with Crippen LogP contribution in [0.5, 0.6) is 69.0 Å². The highest BCUT2D eigenvalue weighted by Crippen LogP contribution is 2.47. The number of phenols is 4. The van der Waals surface area contributed by atoms with Crippen molar-refractivity contribution >= 4 is 0 Å². The molecule has 0 saturated carbocycles. The Bertz CT molecular complexity index is 3210. The minimum atomic E-state index is -0.436. The van der Waals surface area contributed by atoms with Gasteiger partial charge in [-0.05, 0) is 223 Å². The lowest BCUT2D eigenvalue weighted by molar-refractivity contribution is 0.213. The fourth-order valence-corrected chi connectivity index (χ4v) is 9.31. The van der Waals surface area contributed by atoms with E-state index in [0.717, 1.165) is 72.7 Å². The second kappa shape index (κ2) is 26.1. The Hall–Kier alpha value is -9.42. The molecule has 0 fully saturated rings. The van der Waals surface area contributed by atoms with Crippen LogP contribution < -0.4 is 37.9 Å². The largest absolute Gasteiger partial charge is 0.508 e. The number of hydrogen-bond donors (Lipinski definition) is 4. The highest BCUT2D eigenvalue weighted by atomic mass is 16.5. The second-order valence-corrected chi connectivity index (χ2v) is 19.0. The monoisotopic (exact) mass is 1060 g/mol. The minimum Gasteiger partial charge on any atom is -0.508 e. The fraction of sp³-hybridized carbons (Fsp3) is 0.194. The lowest BCUT2D eigenvalue weighted by atomic mass is 9.80. The van der Waals surface area contributed by atoms with Gasteiger partial charge in [0.2, 0.25) is 0 Å². The quantitative estimate of drug-likeness (QED) is 0.0318. The molecule has 79 heavy (non-hydrogen) atoms. The molecule has 9 rings (SSSR count). The Balaban J connectivity index is 1.08. The first-order chi connectivity index (χ1) is 38.4. The van der Waals surface area contributed by atoms with Crippen LogP contribution in [-0.2, 0) is 0 Å². The summed E-state index contributed by atoms with van der Waals surface area (Å²) >= 11 is 0. The van der Waals surface area contributed by atoms with E-state index in [1.807, 2.05) is 44.2 Å². The predicted molar refractivity (Wildman–Crippen MR) is 306 cm³/mol. The number of aryl methyl sites for hydroxylation is 4. The van der Waals surface area contributed by atoms with Crippen LogP contribution in [0.4, 0.5) is 0 Å². The van der Waals surface area contributed by atoms with Gasteiger partial charge in [0.15, 0.2) is 0 Å². The molecule has 12 heteroatoms. The molecule has 9 aromatic carbocycles. The molecule has 0 aromatic heterocycles. The average Bonchev–Trinajstić information content (AvgIpc) is 3.51. The summed E-state index contributed by atoms with van der Waals surface area (Å²) in [5.41, 5.74) is 10.5. The standard InChI is InChI=1S/C67H64O12/c1-44-38-49(10-28-63(44)76-34-30-72-57-20-12-53(68)13-21-57)51-40-46(3)66(78-36-32-74-59-24-16-55(70)17-25-59)61(42-51)65(48-8-6-5-7-9-48)62-43-52(41-47(4)67(62)79-37-33-75-60-26-18-56(71)19-27-60)50-11-29-64(45(2)39-50)77-35-31-73-58-22-14-54(69)15-23-58/h5-29,38-43,65,68-71H,30-37H2,1-4H3. The fourth-order valence-electron chi connectivity index (χ4n) is 9.31. The molecular weight excluding hydrogens is 997 g/mol. The van der Waals surface area contributed by atoms with Gasteiger partial charge in [-0.1, -0.05) is 42.5 Å². The van der Waals surface area contributed by atoms with Crippen LogP contribution in [0.3, 0.4) is 0 Å². The number of rotatable bonds is 25. The van der Waals surface area contributed by atoms with Crippen molar-refractivity contribution in [3.63, 3.8) is 0 Å². The lowest BCUT2D eigenvalue weighted by Gasteiger charge is -2.28. The Labute approximate surface area is 461 Å². The molecule has 0 saturated heterocycles. The maximum Gasteiger partial charge on any atom is 0.126 e. The van der Waals surface area contributed by atoms with E-state index in [2.05, 4.69) is 74.5 Å². The first-order valence-corrected chi connectivity index (χ1v) is 26.2. The summed E-state index contributed by atoms with van der Waals surface area (Å²) in [5.74, 6) is 5.63. The van der Waals surface area contributed by atoms with Gasteiger partial charge in [-0.25, -0.2) is 0 Å². The summed E-state index contributed by atoms with van der Waals surface area (Å²) in [6, 6.07) is 57.9. The number of benzene rings is 9. The first-order valence-electron chi connectivity index (χ1n) is 26.2. The zero-order valence-electron chi connectivity index (χ0n) is 44.7. The van der Waals surface area contributed by atoms with Crippen molar-refractivity contribution in [1.82, 2.24) is 0 Å². The molecule has 0 radical (unpaired) electrons. The van der Waals surface area contributed by atoms with E-state index in [1.54, 1.807) is 97.1 Å². The Morgan fingerprint density at radius 1 is 0.291 bits per heavy atom. The van der Waals surface area contributed by atoms with Crippen molar-refractivity contribution in [1.29, 1.82) is 0 Å². The Morgan fingerprint density at radius 2 is 0.595 bits per heavy atom. The molecule has 0 unspecified atom stereocenters. The van der Waals surface area contributed by atoms with E-state index >= 15 is 0 Å². The summed E-state index contributed by atoms with van der Waals surface area (Å²) in [7, 11) is 0. The van der Waals surface area contributed by atoms with E-state index in [4.69, 9.17) is 37.9 Å². The highest BCUT2D eigenvalue weighted by molar-refractivity contribution is 5.74. The zero-order valence-corrected chi connectivity index (χ0v) is 44.7. The van der Waals surface area contributed by atoms with E-state index in [1.165, 1.54) is 0 Å². The van der Waals surface area contributed by atoms with Gasteiger partial charge in [0, 0.05) is 17.0 Å². The van der Waals surface area contributed by atoms with Crippen LogP contribution in [0, 0.1) is 27.7 Å². The van der Waals surface area contributed by atoms with Crippen molar-refractivity contribution in [2.24, 2.45) is 0 Å². The third kappa shape index (κ3) is 14.5. The zero-order chi connectivity index (χ0) is 55.1. The summed E-state index contributed by atoms with van der Waals surface area (Å²) in [5, 5.41) is 39.1. The Morgan fingerprint density at radius 3 is 0.924 bits per heavy atom. The third-order valence-corrected chi connectivity index (χ3v) is 13.1. The van der Waals surface area contributed by atoms with Gasteiger partial charge in [-0.2, -0.15) is 0 Å². The smallest absolute Gasteiger partial charge is 0.126 e. The van der Waals surface area contributed by atoms with Crippen LogP contribution in [0.25, 0.3) is 22.3 Å². The topological polar surface area (TPSA) is 155 Å². The number of phenolic OH excluding ortho intramolecular Hbond substituents is 4. The van der Waals surface area contributed by atoms with Gasteiger partial charge in [0.1, 0.15) is 122 Å². The molecule has 0 atom stereocenters. The van der Waals surface area contributed by atoms with E-state index < -0.39 is 5.92 Å². The minimum absolute atomic E-state index is 0.156. The van der Waals surface area contributed by atoms with Crippen molar-refractivity contribution in [2.75, 3.05) is 52.9 Å². The van der Waals surface area contributed by atoms with Crippen LogP contribution in [0.15, 0.2) is 188 Å². The van der Waals surface area contributed by atoms with Crippen molar-refractivity contribution in [2.45, 2.75) is 33.6 Å². The first kappa shape index (κ1) is 54.4. The Kier molecular flexibility index (Phi) is 18.0. The van der Waals surface area contributed by atoms with Gasteiger partial charge < -0.3 is 58.3 Å². The maximum absolute atomic E-state index is 9.89. The van der Waals surface area contributed by atoms with Crippen LogP contribution >= 0.6 is 0 Å². The summed E-state index contributed by atoms with van der Waals surface area (Å²) < 4.78 is 50.1. The van der Waals surface area contributed by atoms with Crippen LogP contribution in [0.1, 0.15) is 44.9 Å². The number of ether oxygens (including phenoxy) is 8. The maximum atomic E-state index is 9.89. The van der Waals surface area contributed by atoms with Crippen LogP contribution in [-0.4, -0.2) is 73.3 Å². The molecule has 0 aliphatic heterocycles. The molecule has 0 aliphatic carbocycles. The molecule has 12 nitrogen and oxygen atoms in total. The van der Waals surface area contributed by atoms with Crippen molar-refractivity contribution in [3.05, 3.63) is 227 Å². The number of aromatic hydroxyl groups is 4. The molecule has 0 bridgehead atoms. The van der Waals surface area contributed by atoms with E-state index in [0.29, 0.717) is 60.9 Å². The molecular formula is C67H64O12.